The molecule has 5 heteroatoms. The molecule has 2 aromatic heterocycles. The highest BCUT2D eigenvalue weighted by Crippen LogP contribution is 2.24. The van der Waals surface area contributed by atoms with Gasteiger partial charge < -0.3 is 10.7 Å². The second-order valence-corrected chi connectivity index (χ2v) is 3.17. The first-order valence-corrected chi connectivity index (χ1v) is 4.32. The van der Waals surface area contributed by atoms with Crippen molar-refractivity contribution in [1.82, 2.24) is 15.0 Å². The number of pyridine rings is 1. The number of nitrogen functional groups attached to an aromatic ring is 1. The van der Waals surface area contributed by atoms with Gasteiger partial charge in [0, 0.05) is 5.39 Å². The number of imidazole rings is 1. The zero-order valence-electron chi connectivity index (χ0n) is 7.77. The van der Waals surface area contributed by atoms with Crippen molar-refractivity contribution in [3.05, 3.63) is 30.7 Å². The number of rotatable bonds is 0. The van der Waals surface area contributed by atoms with Crippen LogP contribution in [0.2, 0.25) is 0 Å². The summed E-state index contributed by atoms with van der Waals surface area (Å²) >= 11 is 0. The van der Waals surface area contributed by atoms with E-state index in [9.17, 15) is 0 Å². The monoisotopic (exact) mass is 220 g/mol. The van der Waals surface area contributed by atoms with Gasteiger partial charge in [0.15, 0.2) is 0 Å². The molecule has 0 radical (unpaired) electrons. The molecule has 0 saturated heterocycles. The molecule has 0 aliphatic carbocycles. The largest absolute Gasteiger partial charge is 0.397 e. The van der Waals surface area contributed by atoms with Gasteiger partial charge in [-0.3, -0.25) is 4.98 Å². The molecule has 0 aliphatic heterocycles. The highest BCUT2D eigenvalue weighted by atomic mass is 35.5. The van der Waals surface area contributed by atoms with Crippen LogP contribution in [-0.2, 0) is 0 Å². The summed E-state index contributed by atoms with van der Waals surface area (Å²) < 4.78 is 0. The molecule has 0 saturated carbocycles. The van der Waals surface area contributed by atoms with Gasteiger partial charge in [0.25, 0.3) is 0 Å². The second kappa shape index (κ2) is 3.40. The third kappa shape index (κ3) is 1.30. The van der Waals surface area contributed by atoms with Crippen LogP contribution in [0.25, 0.3) is 21.9 Å². The smallest absolute Gasteiger partial charge is 0.0993 e. The van der Waals surface area contributed by atoms with Crippen molar-refractivity contribution in [2.24, 2.45) is 0 Å². The molecule has 0 atom stereocenters. The average molecular weight is 221 g/mol. The van der Waals surface area contributed by atoms with E-state index < -0.39 is 0 Å². The molecular formula is C10H9ClN4. The lowest BCUT2D eigenvalue weighted by Crippen LogP contribution is -1.89. The first-order valence-electron chi connectivity index (χ1n) is 4.32. The van der Waals surface area contributed by atoms with E-state index in [1.807, 2.05) is 18.2 Å². The van der Waals surface area contributed by atoms with Gasteiger partial charge in [-0.05, 0) is 6.07 Å². The Morgan fingerprint density at radius 3 is 2.87 bits per heavy atom. The van der Waals surface area contributed by atoms with E-state index in [1.165, 1.54) is 0 Å². The average Bonchev–Trinajstić information content (AvgIpc) is 2.66. The summed E-state index contributed by atoms with van der Waals surface area (Å²) in [6, 6.07) is 5.73. The van der Waals surface area contributed by atoms with E-state index in [2.05, 4.69) is 15.0 Å². The number of para-hydroxylation sites is 1. The predicted octanol–water partition coefficient (Wildman–Crippen LogP) is 2.12. The number of hydrogen-bond donors (Lipinski definition) is 2. The maximum atomic E-state index is 5.82. The van der Waals surface area contributed by atoms with Gasteiger partial charge in [-0.25, -0.2) is 4.98 Å². The molecule has 15 heavy (non-hydrogen) atoms. The number of halogens is 1. The minimum Gasteiger partial charge on any atom is -0.397 e. The van der Waals surface area contributed by atoms with Crippen LogP contribution >= 0.6 is 12.4 Å². The fraction of sp³-hybridized carbons (Fsp3) is 0. The van der Waals surface area contributed by atoms with E-state index in [4.69, 9.17) is 5.73 Å². The number of nitrogens with one attached hydrogen (secondary N) is 1. The Bertz CT molecular complexity index is 617. The van der Waals surface area contributed by atoms with Crippen LogP contribution in [0.3, 0.4) is 0 Å². The van der Waals surface area contributed by atoms with Crippen molar-refractivity contribution >= 4 is 40.0 Å². The number of nitrogens with zero attached hydrogens (tertiary/aromatic N) is 2. The maximum absolute atomic E-state index is 5.82. The molecule has 0 fully saturated rings. The molecular weight excluding hydrogens is 212 g/mol. The van der Waals surface area contributed by atoms with E-state index in [0.29, 0.717) is 5.69 Å². The number of aromatic amines is 1. The normalized spacial score (nSPS) is 10.4. The number of H-pyrrole nitrogens is 1. The minimum absolute atomic E-state index is 0. The second-order valence-electron chi connectivity index (χ2n) is 3.17. The fourth-order valence-electron chi connectivity index (χ4n) is 1.64. The zero-order chi connectivity index (χ0) is 9.54. The van der Waals surface area contributed by atoms with Gasteiger partial charge >= 0.3 is 0 Å². The van der Waals surface area contributed by atoms with Gasteiger partial charge in [-0.1, -0.05) is 12.1 Å². The summed E-state index contributed by atoms with van der Waals surface area (Å²) in [5.74, 6) is 0. The van der Waals surface area contributed by atoms with Crippen LogP contribution in [0, 0.1) is 0 Å². The summed E-state index contributed by atoms with van der Waals surface area (Å²) in [5.41, 5.74) is 9.17. The van der Waals surface area contributed by atoms with Crippen molar-refractivity contribution in [2.75, 3.05) is 5.73 Å². The topological polar surface area (TPSA) is 67.6 Å². The molecule has 3 aromatic rings. The Morgan fingerprint density at radius 1 is 1.13 bits per heavy atom. The van der Waals surface area contributed by atoms with E-state index >= 15 is 0 Å². The van der Waals surface area contributed by atoms with Crippen molar-refractivity contribution in [3.63, 3.8) is 0 Å². The molecule has 0 bridgehead atoms. The highest BCUT2D eigenvalue weighted by Gasteiger charge is 2.04. The minimum atomic E-state index is 0. The zero-order valence-corrected chi connectivity index (χ0v) is 8.58. The molecule has 0 spiro atoms. The summed E-state index contributed by atoms with van der Waals surface area (Å²) in [4.78, 5) is 11.5. The number of fused-ring (bicyclic) bond motifs is 3. The number of hydrogen-bond acceptors (Lipinski definition) is 3. The Hall–Kier alpha value is -1.81. The van der Waals surface area contributed by atoms with Gasteiger partial charge in [-0.15, -0.1) is 12.4 Å². The van der Waals surface area contributed by atoms with E-state index in [1.54, 1.807) is 12.5 Å². The molecule has 4 nitrogen and oxygen atoms in total. The predicted molar refractivity (Wildman–Crippen MR) is 63.1 cm³/mol. The van der Waals surface area contributed by atoms with Gasteiger partial charge in [-0.2, -0.15) is 0 Å². The van der Waals surface area contributed by atoms with Gasteiger partial charge in [0.1, 0.15) is 0 Å². The van der Waals surface area contributed by atoms with Crippen molar-refractivity contribution < 1.29 is 0 Å². The van der Waals surface area contributed by atoms with Crippen molar-refractivity contribution in [3.8, 4) is 0 Å². The lowest BCUT2D eigenvalue weighted by atomic mass is 10.2. The first kappa shape index (κ1) is 9.73. The quantitative estimate of drug-likeness (QED) is 0.571. The van der Waals surface area contributed by atoms with Crippen LogP contribution < -0.4 is 5.73 Å². The molecule has 0 unspecified atom stereocenters. The standard InChI is InChI=1S/C10H8N4.ClH/c11-7-3-1-2-6-9(7)12-4-8-10(6)14-5-13-8;/h1-5H,11H2,(H,13,14);1H. The van der Waals surface area contributed by atoms with E-state index in [-0.39, 0.29) is 12.4 Å². The van der Waals surface area contributed by atoms with Crippen LogP contribution in [-0.4, -0.2) is 15.0 Å². The number of benzene rings is 1. The third-order valence-electron chi connectivity index (χ3n) is 2.31. The summed E-state index contributed by atoms with van der Waals surface area (Å²) in [6.07, 6.45) is 3.41. The highest BCUT2D eigenvalue weighted by molar-refractivity contribution is 6.05. The molecule has 76 valence electrons. The van der Waals surface area contributed by atoms with Crippen LogP contribution in [0.15, 0.2) is 30.7 Å². The number of aromatic nitrogens is 3. The van der Waals surface area contributed by atoms with Gasteiger partial charge in [0.05, 0.1) is 34.8 Å². The summed E-state index contributed by atoms with van der Waals surface area (Å²) in [6.45, 7) is 0. The molecule has 3 N–H and O–H groups in total. The van der Waals surface area contributed by atoms with Crippen LogP contribution in [0.4, 0.5) is 5.69 Å². The van der Waals surface area contributed by atoms with E-state index in [0.717, 1.165) is 21.9 Å². The van der Waals surface area contributed by atoms with Crippen molar-refractivity contribution in [1.29, 1.82) is 0 Å². The first-order chi connectivity index (χ1) is 6.86. The lowest BCUT2D eigenvalue weighted by molar-refractivity contribution is 1.34. The SMILES string of the molecule is Cl.Nc1cccc2c1ncc1[nH]cnc12. The van der Waals surface area contributed by atoms with Crippen molar-refractivity contribution in [2.45, 2.75) is 0 Å². The lowest BCUT2D eigenvalue weighted by Gasteiger charge is -2.00. The Labute approximate surface area is 91.9 Å². The van der Waals surface area contributed by atoms with Crippen LogP contribution in [0.1, 0.15) is 0 Å². The molecule has 2 heterocycles. The molecule has 1 aromatic carbocycles. The van der Waals surface area contributed by atoms with Gasteiger partial charge in [0.2, 0.25) is 0 Å². The maximum Gasteiger partial charge on any atom is 0.0993 e. The summed E-state index contributed by atoms with van der Waals surface area (Å²) in [5, 5.41) is 0.990. The molecule has 0 amide bonds. The summed E-state index contributed by atoms with van der Waals surface area (Å²) in [7, 11) is 0. The Kier molecular flexibility index (Phi) is 2.21. The van der Waals surface area contributed by atoms with Crippen LogP contribution in [0.5, 0.6) is 0 Å². The Morgan fingerprint density at radius 2 is 2.00 bits per heavy atom. The molecule has 0 aliphatic rings. The molecule has 3 rings (SSSR count). The fourth-order valence-corrected chi connectivity index (χ4v) is 1.64. The Balaban J connectivity index is 0.000000853. The number of nitrogens with two attached hydrogens (primary N) is 1. The third-order valence-corrected chi connectivity index (χ3v) is 2.31. The number of anilines is 1.